The van der Waals surface area contributed by atoms with Crippen LogP contribution in [0.4, 0.5) is 4.39 Å². The lowest BCUT2D eigenvalue weighted by Gasteiger charge is -2.37. The maximum Gasteiger partial charge on any atom is 0.488 e. The Balaban J connectivity index is 1.71. The summed E-state index contributed by atoms with van der Waals surface area (Å²) in [5.74, 6) is 1.89. The van der Waals surface area contributed by atoms with Gasteiger partial charge < -0.3 is 19.5 Å². The first kappa shape index (κ1) is 15.2. The zero-order valence-corrected chi connectivity index (χ0v) is 12.4. The first-order valence-corrected chi connectivity index (χ1v) is 8.27. The van der Waals surface area contributed by atoms with E-state index in [1.807, 2.05) is 11.8 Å². The van der Waals surface area contributed by atoms with Gasteiger partial charge in [-0.2, -0.15) is 11.8 Å². The summed E-state index contributed by atoms with van der Waals surface area (Å²) < 4.78 is 25.3. The zero-order chi connectivity index (χ0) is 14.9. The van der Waals surface area contributed by atoms with Gasteiger partial charge in [-0.25, -0.2) is 4.39 Å². The van der Waals surface area contributed by atoms with Gasteiger partial charge >= 0.3 is 7.12 Å². The van der Waals surface area contributed by atoms with Crippen molar-refractivity contribution in [2.45, 2.75) is 31.0 Å². The van der Waals surface area contributed by atoms with Crippen molar-refractivity contribution >= 4 is 24.3 Å². The second kappa shape index (κ2) is 6.16. The van der Waals surface area contributed by atoms with Crippen molar-refractivity contribution in [1.82, 2.24) is 0 Å². The van der Waals surface area contributed by atoms with E-state index in [1.165, 1.54) is 12.1 Å². The molecule has 0 radical (unpaired) electrons. The molecule has 1 aromatic carbocycles. The summed E-state index contributed by atoms with van der Waals surface area (Å²) in [7, 11) is -1.70. The molecule has 0 aliphatic carbocycles. The van der Waals surface area contributed by atoms with Crippen LogP contribution in [0, 0.1) is 5.82 Å². The summed E-state index contributed by atoms with van der Waals surface area (Å²) >= 11 is 1.89. The van der Waals surface area contributed by atoms with Gasteiger partial charge in [0.1, 0.15) is 17.7 Å². The Morgan fingerprint density at radius 2 is 2.24 bits per heavy atom. The quantitative estimate of drug-likeness (QED) is 0.814. The average Bonchev–Trinajstić information content (AvgIpc) is 2.86. The lowest BCUT2D eigenvalue weighted by molar-refractivity contribution is -0.0959. The molecule has 21 heavy (non-hydrogen) atoms. The topological polar surface area (TPSA) is 58.9 Å². The molecular formula is C14H18BFO4S. The van der Waals surface area contributed by atoms with Crippen LogP contribution in [0.25, 0.3) is 0 Å². The highest BCUT2D eigenvalue weighted by molar-refractivity contribution is 7.99. The predicted octanol–water partition coefficient (Wildman–Crippen LogP) is 0.939. The first-order valence-electron chi connectivity index (χ1n) is 7.11. The minimum absolute atomic E-state index is 0.0251. The van der Waals surface area contributed by atoms with Crippen LogP contribution in [0.1, 0.15) is 19.3 Å². The van der Waals surface area contributed by atoms with Crippen molar-refractivity contribution in [1.29, 1.82) is 0 Å². The van der Waals surface area contributed by atoms with Crippen LogP contribution in [-0.4, -0.2) is 47.0 Å². The Morgan fingerprint density at radius 3 is 2.95 bits per heavy atom. The molecule has 2 unspecified atom stereocenters. The van der Waals surface area contributed by atoms with Gasteiger partial charge in [-0.1, -0.05) is 0 Å². The van der Waals surface area contributed by atoms with Gasteiger partial charge in [0.15, 0.2) is 0 Å². The molecule has 1 spiro atoms. The standard InChI is InChI=1S/C14H18BFO4S/c16-11-5-10(15(17)18)6-13(7-11)20-12-1-3-19-14(8-12)2-4-21-9-14/h5-7,12,17-18H,1-4,8-9H2. The van der Waals surface area contributed by atoms with Crippen molar-refractivity contribution in [3.05, 3.63) is 24.0 Å². The number of rotatable bonds is 3. The monoisotopic (exact) mass is 312 g/mol. The molecule has 0 amide bonds. The number of hydrogen-bond donors (Lipinski definition) is 2. The predicted molar refractivity (Wildman–Crippen MR) is 80.5 cm³/mol. The third-order valence-corrected chi connectivity index (χ3v) is 5.23. The molecule has 0 aromatic heterocycles. The Kier molecular flexibility index (Phi) is 4.45. The normalized spacial score (nSPS) is 28.8. The first-order chi connectivity index (χ1) is 10.1. The van der Waals surface area contributed by atoms with E-state index in [4.69, 9.17) is 19.5 Å². The van der Waals surface area contributed by atoms with Gasteiger partial charge in [0, 0.05) is 24.7 Å². The molecule has 2 aliphatic rings. The molecule has 0 saturated carbocycles. The maximum absolute atomic E-state index is 13.5. The summed E-state index contributed by atoms with van der Waals surface area (Å²) in [6, 6.07) is 3.84. The van der Waals surface area contributed by atoms with Crippen LogP contribution in [0.3, 0.4) is 0 Å². The SMILES string of the molecule is OB(O)c1cc(F)cc(OC2CCOC3(CCSC3)C2)c1. The van der Waals surface area contributed by atoms with Crippen LogP contribution in [0.2, 0.25) is 0 Å². The molecule has 7 heteroatoms. The molecule has 2 aliphatic heterocycles. The van der Waals surface area contributed by atoms with Gasteiger partial charge in [-0.3, -0.25) is 0 Å². The lowest BCUT2D eigenvalue weighted by Crippen LogP contribution is -2.44. The molecule has 2 saturated heterocycles. The van der Waals surface area contributed by atoms with E-state index in [0.29, 0.717) is 12.4 Å². The minimum Gasteiger partial charge on any atom is -0.490 e. The summed E-state index contributed by atoms with van der Waals surface area (Å²) in [5.41, 5.74) is 0.00319. The molecule has 114 valence electrons. The molecule has 4 nitrogen and oxygen atoms in total. The number of ether oxygens (including phenoxy) is 2. The molecule has 2 atom stereocenters. The average molecular weight is 312 g/mol. The summed E-state index contributed by atoms with van der Waals surface area (Å²) in [5, 5.41) is 18.3. The third-order valence-electron chi connectivity index (χ3n) is 4.01. The van der Waals surface area contributed by atoms with Crippen LogP contribution in [0.15, 0.2) is 18.2 Å². The van der Waals surface area contributed by atoms with E-state index in [9.17, 15) is 4.39 Å². The number of benzene rings is 1. The molecule has 2 heterocycles. The Labute approximate surface area is 127 Å². The van der Waals surface area contributed by atoms with E-state index >= 15 is 0 Å². The van der Waals surface area contributed by atoms with Gasteiger partial charge in [-0.15, -0.1) is 0 Å². The largest absolute Gasteiger partial charge is 0.490 e. The van der Waals surface area contributed by atoms with Crippen molar-refractivity contribution in [2.75, 3.05) is 18.1 Å². The van der Waals surface area contributed by atoms with Gasteiger partial charge in [-0.05, 0) is 29.8 Å². The molecule has 0 bridgehead atoms. The summed E-state index contributed by atoms with van der Waals surface area (Å²) in [4.78, 5) is 0. The fourth-order valence-electron chi connectivity index (χ4n) is 2.94. The van der Waals surface area contributed by atoms with Crippen molar-refractivity contribution in [3.63, 3.8) is 0 Å². The smallest absolute Gasteiger partial charge is 0.488 e. The van der Waals surface area contributed by atoms with E-state index in [-0.39, 0.29) is 17.2 Å². The van der Waals surface area contributed by atoms with Crippen LogP contribution in [0.5, 0.6) is 5.75 Å². The molecule has 1 aromatic rings. The summed E-state index contributed by atoms with van der Waals surface area (Å²) in [6.07, 6.45) is 2.57. The number of thioether (sulfide) groups is 1. The molecule has 2 N–H and O–H groups in total. The van der Waals surface area contributed by atoms with E-state index in [1.54, 1.807) is 0 Å². The maximum atomic E-state index is 13.5. The fraction of sp³-hybridized carbons (Fsp3) is 0.571. The Bertz CT molecular complexity index is 508. The van der Waals surface area contributed by atoms with E-state index < -0.39 is 12.9 Å². The van der Waals surface area contributed by atoms with Crippen LogP contribution < -0.4 is 10.2 Å². The van der Waals surface area contributed by atoms with Gasteiger partial charge in [0.25, 0.3) is 0 Å². The highest BCUT2D eigenvalue weighted by Crippen LogP contribution is 2.39. The molecule has 2 fully saturated rings. The number of hydrogen-bond acceptors (Lipinski definition) is 5. The second-order valence-corrected chi connectivity index (χ2v) is 6.77. The number of halogens is 1. The fourth-order valence-corrected chi connectivity index (χ4v) is 4.32. The third kappa shape index (κ3) is 3.53. The van der Waals surface area contributed by atoms with Gasteiger partial charge in [0.2, 0.25) is 0 Å². The van der Waals surface area contributed by atoms with Crippen LogP contribution in [-0.2, 0) is 4.74 Å². The van der Waals surface area contributed by atoms with Crippen molar-refractivity contribution < 1.29 is 23.9 Å². The highest BCUT2D eigenvalue weighted by Gasteiger charge is 2.41. The Morgan fingerprint density at radius 1 is 1.38 bits per heavy atom. The Hall–Kier alpha value is -0.755. The van der Waals surface area contributed by atoms with Crippen molar-refractivity contribution in [3.8, 4) is 5.75 Å². The second-order valence-electron chi connectivity index (χ2n) is 5.66. The van der Waals surface area contributed by atoms with Gasteiger partial charge in [0.05, 0.1) is 12.2 Å². The lowest BCUT2D eigenvalue weighted by atomic mass is 9.80. The van der Waals surface area contributed by atoms with Crippen molar-refractivity contribution in [2.24, 2.45) is 0 Å². The summed E-state index contributed by atoms with van der Waals surface area (Å²) in [6.45, 7) is 0.649. The van der Waals surface area contributed by atoms with Crippen LogP contribution >= 0.6 is 11.8 Å². The zero-order valence-electron chi connectivity index (χ0n) is 11.6. The molecule has 3 rings (SSSR count). The molecular weight excluding hydrogens is 294 g/mol. The minimum atomic E-state index is -1.70. The van der Waals surface area contributed by atoms with E-state index in [0.717, 1.165) is 36.8 Å². The highest BCUT2D eigenvalue weighted by atomic mass is 32.2. The van der Waals surface area contributed by atoms with E-state index in [2.05, 4.69) is 0 Å².